The summed E-state index contributed by atoms with van der Waals surface area (Å²) in [5.41, 5.74) is 4.80. The third-order valence-electron chi connectivity index (χ3n) is 23.1. The number of aliphatic hydroxyl groups excluding tert-OH is 5. The number of methoxy groups -OCH3 is 3. The zero-order valence-corrected chi connectivity index (χ0v) is 74.3. The summed E-state index contributed by atoms with van der Waals surface area (Å²) in [6.45, 7) is 4.57. The van der Waals surface area contributed by atoms with Gasteiger partial charge in [-0.2, -0.15) is 0 Å². The van der Waals surface area contributed by atoms with E-state index in [2.05, 4.69) is 22.8 Å². The maximum Gasteiger partial charge on any atom is 0.416 e. The average molecular weight is 1870 g/mol. The molecule has 4 fully saturated rings. The summed E-state index contributed by atoms with van der Waals surface area (Å²) in [6.07, 6.45) is -21.6. The Hall–Kier alpha value is -12.8. The highest BCUT2D eigenvalue weighted by atomic mass is 16.7. The molecule has 6 amide bonds. The van der Waals surface area contributed by atoms with Crippen LogP contribution in [-0.2, 0) is 104 Å². The number of unbranched alkanes of at least 4 members (excludes halogenated alkanes) is 2. The Labute approximate surface area is 768 Å². The SMILES string of the molecule is COC(=O)[C@H]1O[C@@H](Oc2ccc(COC(=O)N3c4cc(OCCCCCOc5cc6c(cc5OC)C(=O)N5CCC[C@H]5[C@H](O)N6C(=O)OCc5ccc(O[C@@H]6O[C@H](C(=O)O)[C@@H](O)[C@H](O)[C@H]6O)c(NC(=O)CCOCCOCCOCCOCCNC(=O)OCC6c7ccccc7-c7ccccc76)c5)c(OC)cc4C(=O)N4CCC[C@H]4[C@@H]3O)cc2)[C@H](OC(C)=O)[C@@H](OC(C)=O)[C@@H]1OC(C)=O. The molecule has 6 heterocycles. The normalized spacial score (nSPS) is 22.6. The highest BCUT2D eigenvalue weighted by Crippen LogP contribution is 2.47. The molecule has 0 unspecified atom stereocenters. The van der Waals surface area contributed by atoms with Crippen molar-refractivity contribution in [3.8, 4) is 45.6 Å². The fourth-order valence-corrected chi connectivity index (χ4v) is 16.7. The number of carboxylic acid groups (broad SMARTS) is 1. The molecule has 42 nitrogen and oxygen atoms in total. The number of amides is 6. The number of benzene rings is 6. The average Bonchev–Trinajstić information content (AvgIpc) is 1.63. The van der Waals surface area contributed by atoms with Gasteiger partial charge in [0.25, 0.3) is 11.8 Å². The summed E-state index contributed by atoms with van der Waals surface area (Å²) in [6, 6.07) is 29.9. The Kier molecular flexibility index (Phi) is 34.1. The lowest BCUT2D eigenvalue weighted by Crippen LogP contribution is -2.64. The number of esters is 4. The van der Waals surface area contributed by atoms with E-state index in [9.17, 15) is 83.4 Å². The van der Waals surface area contributed by atoms with Crippen LogP contribution in [0.15, 0.2) is 115 Å². The Morgan fingerprint density at radius 1 is 0.478 bits per heavy atom. The molecule has 6 aromatic rings. The maximum absolute atomic E-state index is 14.7. The van der Waals surface area contributed by atoms with E-state index in [0.717, 1.165) is 59.9 Å². The van der Waals surface area contributed by atoms with E-state index in [1.54, 1.807) is 0 Å². The molecule has 6 aliphatic heterocycles. The summed E-state index contributed by atoms with van der Waals surface area (Å²) >= 11 is 0. The molecule has 722 valence electrons. The van der Waals surface area contributed by atoms with Crippen LogP contribution in [0.2, 0.25) is 0 Å². The van der Waals surface area contributed by atoms with Crippen molar-refractivity contribution in [2.24, 2.45) is 0 Å². The standard InChI is InChI=1S/C92H108N6O36/c1-50(99)128-78-79(129-51(2)100)81(130-52(3)101)89(134-80(78)87(112)118-6)131-55-25-22-53(23-26-55)47-126-91(114)97-66-45-71(69(116-4)43-60(66)82(106)95-30-14-20-64(95)84(97)108)123-32-12-7-13-33-124-72-46-67-61(44-70(72)117-5)83(107)96-31-15-21-65(96)85(109)98(67)92(115)127-48-54-24-27-68(132-88-76(105)74(103)75(104)77(133-88)86(110)111)63(42-54)94-73(102)28-34-119-36-38-121-40-41-122-39-37-120-35-29-93-90(113)125-49-62-58-18-10-8-16-56(58)57-17-9-11-19-59(57)62/h8-11,16-19,22-27,42-46,62,64-65,74-81,84-85,88-89,103-105,108-109H,7,12-15,20-21,28-41,47-49H2,1-6H3,(H,93,113)(H,94,102)(H,110,111)/t64-,65-,74-,75-,76+,77-,78-,79-,80-,81+,84-,85-,88+,89+/m0/s1. The molecule has 13 rings (SSSR count). The topological polar surface area (TPSA) is 522 Å². The summed E-state index contributed by atoms with van der Waals surface area (Å²) in [7, 11) is 3.77. The molecular formula is C92H108N6O36. The van der Waals surface area contributed by atoms with Gasteiger partial charge in [0.2, 0.25) is 24.6 Å². The zero-order valence-electron chi connectivity index (χ0n) is 74.3. The highest BCUT2D eigenvalue weighted by Gasteiger charge is 2.57. The number of aliphatic hydroxyl groups is 5. The molecule has 8 N–H and O–H groups in total. The van der Waals surface area contributed by atoms with E-state index in [0.29, 0.717) is 50.5 Å². The number of nitrogens with one attached hydrogen (secondary N) is 2. The number of nitrogens with zero attached hydrogens (tertiary/aromatic N) is 4. The van der Waals surface area contributed by atoms with Gasteiger partial charge < -0.3 is 141 Å². The first-order valence-corrected chi connectivity index (χ1v) is 43.7. The first-order chi connectivity index (χ1) is 64.6. The molecule has 0 radical (unpaired) electrons. The third kappa shape index (κ3) is 23.7. The zero-order chi connectivity index (χ0) is 95.4. The number of carbonyl (C=O) groups excluding carboxylic acids is 10. The number of alkyl carbamates (subject to hydrolysis) is 1. The van der Waals surface area contributed by atoms with Crippen molar-refractivity contribution in [3.05, 3.63) is 149 Å². The smallest absolute Gasteiger partial charge is 0.416 e. The van der Waals surface area contributed by atoms with Gasteiger partial charge >= 0.3 is 48.1 Å². The fraction of sp³-hybridized carbons (Fsp3) is 0.489. The Morgan fingerprint density at radius 3 is 1.51 bits per heavy atom. The molecule has 0 aromatic heterocycles. The lowest BCUT2D eigenvalue weighted by molar-refractivity contribution is -0.282. The minimum atomic E-state index is -2.05. The second-order valence-corrected chi connectivity index (χ2v) is 32.0. The van der Waals surface area contributed by atoms with Crippen molar-refractivity contribution in [2.45, 2.75) is 177 Å². The monoisotopic (exact) mass is 1870 g/mol. The minimum absolute atomic E-state index is 0.00836. The molecule has 1 aliphatic carbocycles. The van der Waals surface area contributed by atoms with Crippen LogP contribution in [0.3, 0.4) is 0 Å². The number of aliphatic carboxylic acids is 1. The van der Waals surface area contributed by atoms with E-state index in [1.165, 1.54) is 90.7 Å². The molecule has 0 saturated carbocycles. The number of anilines is 3. The van der Waals surface area contributed by atoms with Crippen LogP contribution in [0.4, 0.5) is 31.4 Å². The summed E-state index contributed by atoms with van der Waals surface area (Å²) in [4.78, 5) is 151. The molecule has 7 aliphatic rings. The van der Waals surface area contributed by atoms with Gasteiger partial charge in [0.15, 0.2) is 59.9 Å². The van der Waals surface area contributed by atoms with Crippen LogP contribution in [-0.4, -0.2) is 306 Å². The molecule has 0 spiro atoms. The summed E-state index contributed by atoms with van der Waals surface area (Å²) < 4.78 is 108. The van der Waals surface area contributed by atoms with Crippen molar-refractivity contribution in [1.82, 2.24) is 15.1 Å². The van der Waals surface area contributed by atoms with Crippen LogP contribution in [0.1, 0.15) is 121 Å². The predicted molar refractivity (Wildman–Crippen MR) is 462 cm³/mol. The van der Waals surface area contributed by atoms with Gasteiger partial charge in [-0.3, -0.25) is 28.8 Å². The highest BCUT2D eigenvalue weighted by molar-refractivity contribution is 6.07. The van der Waals surface area contributed by atoms with Crippen LogP contribution >= 0.6 is 0 Å². The van der Waals surface area contributed by atoms with Gasteiger partial charge in [-0.05, 0) is 115 Å². The second kappa shape index (κ2) is 46.3. The number of carbonyl (C=O) groups is 11. The number of hydrogen-bond donors (Lipinski definition) is 8. The second-order valence-electron chi connectivity index (χ2n) is 32.0. The van der Waals surface area contributed by atoms with Gasteiger partial charge in [0.1, 0.15) is 49.6 Å². The lowest BCUT2D eigenvalue weighted by Gasteiger charge is -2.43. The fourth-order valence-electron chi connectivity index (χ4n) is 16.7. The number of hydrogen-bond acceptors (Lipinski definition) is 35. The van der Waals surface area contributed by atoms with Crippen molar-refractivity contribution in [3.63, 3.8) is 0 Å². The Morgan fingerprint density at radius 2 is 0.978 bits per heavy atom. The maximum atomic E-state index is 14.7. The van der Waals surface area contributed by atoms with Crippen LogP contribution in [0.5, 0.6) is 34.5 Å². The van der Waals surface area contributed by atoms with Gasteiger partial charge in [0.05, 0.1) is 134 Å². The number of ether oxygens (including phenoxy) is 19. The first kappa shape index (κ1) is 98.7. The van der Waals surface area contributed by atoms with Crippen LogP contribution < -0.4 is 48.9 Å². The molecule has 0 bridgehead atoms. The van der Waals surface area contributed by atoms with Crippen LogP contribution in [0.25, 0.3) is 11.1 Å². The first-order valence-electron chi connectivity index (χ1n) is 43.7. The van der Waals surface area contributed by atoms with E-state index in [1.807, 2.05) is 36.4 Å². The lowest BCUT2D eigenvalue weighted by atomic mass is 9.97. The van der Waals surface area contributed by atoms with Gasteiger partial charge in [-0.15, -0.1) is 0 Å². The predicted octanol–water partition coefficient (Wildman–Crippen LogP) is 5.77. The molecule has 6 aromatic carbocycles. The van der Waals surface area contributed by atoms with E-state index in [4.69, 9.17) is 90.0 Å². The number of carboxylic acids is 1. The van der Waals surface area contributed by atoms with Gasteiger partial charge in [0, 0.05) is 58.5 Å². The van der Waals surface area contributed by atoms with Crippen molar-refractivity contribution in [2.75, 3.05) is 129 Å². The molecule has 4 saturated heterocycles. The Balaban J connectivity index is 0.594. The Bertz CT molecular complexity index is 5130. The van der Waals surface area contributed by atoms with Crippen molar-refractivity contribution < 1.29 is 173 Å². The van der Waals surface area contributed by atoms with Crippen molar-refractivity contribution >= 4 is 82.9 Å². The summed E-state index contributed by atoms with van der Waals surface area (Å²) in [5, 5.41) is 71.4. The van der Waals surface area contributed by atoms with Gasteiger partial charge in [-0.25, -0.2) is 33.8 Å². The van der Waals surface area contributed by atoms with E-state index in [-0.39, 0.29) is 173 Å². The van der Waals surface area contributed by atoms with E-state index >= 15 is 0 Å². The molecule has 42 heteroatoms. The van der Waals surface area contributed by atoms with Gasteiger partial charge in [-0.1, -0.05) is 66.7 Å². The molecule has 14 atom stereocenters. The molecular weight excluding hydrogens is 1770 g/mol. The third-order valence-corrected chi connectivity index (χ3v) is 23.1. The largest absolute Gasteiger partial charge is 0.493 e. The van der Waals surface area contributed by atoms with Crippen LogP contribution in [0, 0.1) is 0 Å². The molecule has 134 heavy (non-hydrogen) atoms. The summed E-state index contributed by atoms with van der Waals surface area (Å²) in [5.74, 6) is -6.82. The van der Waals surface area contributed by atoms with Crippen molar-refractivity contribution in [1.29, 1.82) is 0 Å². The number of rotatable bonds is 41. The minimum Gasteiger partial charge on any atom is -0.493 e. The quantitative estimate of drug-likeness (QED) is 0.0128. The van der Waals surface area contributed by atoms with E-state index < -0.39 is 165 Å². The number of fused-ring (bicyclic) bond motifs is 7.